The highest BCUT2D eigenvalue weighted by molar-refractivity contribution is 6.08. The molecule has 5 rings (SSSR count). The van der Waals surface area contributed by atoms with Crippen LogP contribution in [0, 0.1) is 12.7 Å². The monoisotopic (exact) mass is 587 g/mol. The quantitative estimate of drug-likeness (QED) is 0.210. The number of benzene rings is 2. The zero-order valence-electron chi connectivity index (χ0n) is 22.6. The first-order valence-corrected chi connectivity index (χ1v) is 13.1. The molecule has 1 aliphatic heterocycles. The van der Waals surface area contributed by atoms with Crippen molar-refractivity contribution in [1.29, 1.82) is 0 Å². The normalized spacial score (nSPS) is 17.5. The maximum absolute atomic E-state index is 14.6. The lowest BCUT2D eigenvalue weighted by Crippen LogP contribution is -2.41. The number of amides is 1. The maximum Gasteiger partial charge on any atom is 0.573 e. The first-order chi connectivity index (χ1) is 19.9. The number of hydrogen-bond donors (Lipinski definition) is 1. The molecular formula is C29H26F5N5O3. The van der Waals surface area contributed by atoms with Gasteiger partial charge in [0.25, 0.3) is 0 Å². The molecule has 0 unspecified atom stereocenters. The molecule has 4 aromatic rings. The summed E-state index contributed by atoms with van der Waals surface area (Å²) in [6.45, 7) is 3.70. The molecule has 1 aliphatic rings. The molecular weight excluding hydrogens is 561 g/mol. The highest BCUT2D eigenvalue weighted by Gasteiger charge is 2.38. The average molecular weight is 588 g/mol. The molecule has 1 amide bonds. The number of carbonyl (C=O) groups excluding carboxylic acids is 2. The van der Waals surface area contributed by atoms with Crippen molar-refractivity contribution in [2.75, 3.05) is 18.4 Å². The summed E-state index contributed by atoms with van der Waals surface area (Å²) in [5.41, 5.74) is 2.36. The first kappa shape index (κ1) is 29.1. The molecule has 2 aromatic heterocycles. The van der Waals surface area contributed by atoms with Crippen LogP contribution in [0.4, 0.5) is 27.6 Å². The van der Waals surface area contributed by atoms with Gasteiger partial charge in [0, 0.05) is 66.7 Å². The number of anilines is 1. The van der Waals surface area contributed by atoms with Crippen molar-refractivity contribution in [3.05, 3.63) is 72.2 Å². The van der Waals surface area contributed by atoms with Gasteiger partial charge in [-0.3, -0.25) is 14.5 Å². The predicted octanol–water partition coefficient (Wildman–Crippen LogP) is 5.70. The average Bonchev–Trinajstić information content (AvgIpc) is 3.49. The van der Waals surface area contributed by atoms with E-state index in [9.17, 15) is 31.5 Å². The van der Waals surface area contributed by atoms with E-state index in [1.807, 2.05) is 22.8 Å². The fourth-order valence-corrected chi connectivity index (χ4v) is 5.11. The van der Waals surface area contributed by atoms with E-state index in [-0.39, 0.29) is 25.3 Å². The summed E-state index contributed by atoms with van der Waals surface area (Å²) in [6.07, 6.45) is -1.51. The molecule has 2 aromatic carbocycles. The second-order valence-electron chi connectivity index (χ2n) is 10.0. The van der Waals surface area contributed by atoms with Crippen LogP contribution in [0.25, 0.3) is 22.0 Å². The lowest BCUT2D eigenvalue weighted by atomic mass is 10.0. The minimum atomic E-state index is -5.12. The maximum atomic E-state index is 14.6. The Bertz CT molecular complexity index is 1640. The van der Waals surface area contributed by atoms with Crippen LogP contribution in [-0.2, 0) is 11.3 Å². The Hall–Kier alpha value is -4.39. The Kier molecular flexibility index (Phi) is 7.95. The van der Waals surface area contributed by atoms with Crippen LogP contribution in [0.2, 0.25) is 0 Å². The van der Waals surface area contributed by atoms with Crippen molar-refractivity contribution in [2.24, 2.45) is 0 Å². The van der Waals surface area contributed by atoms with E-state index in [2.05, 4.69) is 20.0 Å². The van der Waals surface area contributed by atoms with Crippen molar-refractivity contribution in [3.8, 4) is 16.9 Å². The van der Waals surface area contributed by atoms with Gasteiger partial charge in [-0.15, -0.1) is 13.2 Å². The lowest BCUT2D eigenvalue weighted by molar-refractivity contribution is -0.275. The topological polar surface area (TPSA) is 89.4 Å². The number of ketones is 1. The number of aromatic nitrogens is 3. The molecule has 42 heavy (non-hydrogen) atoms. The smallest absolute Gasteiger partial charge is 0.403 e. The van der Waals surface area contributed by atoms with E-state index in [0.29, 0.717) is 17.9 Å². The van der Waals surface area contributed by atoms with E-state index < -0.39 is 41.7 Å². The lowest BCUT2D eigenvalue weighted by Gasteiger charge is -2.24. The molecule has 8 nitrogen and oxygen atoms in total. The van der Waals surface area contributed by atoms with Crippen molar-refractivity contribution < 1.29 is 36.3 Å². The summed E-state index contributed by atoms with van der Waals surface area (Å²) in [5.74, 6) is -2.75. The Morgan fingerprint density at radius 1 is 1.10 bits per heavy atom. The first-order valence-electron chi connectivity index (χ1n) is 13.1. The Labute approximate surface area is 237 Å². The van der Waals surface area contributed by atoms with Crippen molar-refractivity contribution in [3.63, 3.8) is 0 Å². The van der Waals surface area contributed by atoms with Crippen LogP contribution in [0.5, 0.6) is 5.75 Å². The van der Waals surface area contributed by atoms with Gasteiger partial charge >= 0.3 is 6.36 Å². The van der Waals surface area contributed by atoms with Gasteiger partial charge in [0.2, 0.25) is 5.91 Å². The number of ether oxygens (including phenoxy) is 1. The zero-order valence-corrected chi connectivity index (χ0v) is 22.6. The van der Waals surface area contributed by atoms with Crippen molar-refractivity contribution >= 4 is 28.3 Å². The van der Waals surface area contributed by atoms with Gasteiger partial charge in [0.05, 0.1) is 11.7 Å². The molecule has 0 aliphatic carbocycles. The van der Waals surface area contributed by atoms with Gasteiger partial charge in [-0.1, -0.05) is 12.1 Å². The molecule has 3 heterocycles. The summed E-state index contributed by atoms with van der Waals surface area (Å²) in [5, 5.41) is 2.99. The Morgan fingerprint density at radius 3 is 2.52 bits per heavy atom. The largest absolute Gasteiger partial charge is 0.573 e. The fraction of sp³-hybridized carbons (Fsp3) is 0.310. The third-order valence-electron chi connectivity index (χ3n) is 7.10. The predicted molar refractivity (Wildman–Crippen MR) is 144 cm³/mol. The number of likely N-dealkylation sites (tertiary alicyclic amines) is 1. The van der Waals surface area contributed by atoms with Crippen LogP contribution in [-0.4, -0.2) is 62.8 Å². The van der Waals surface area contributed by atoms with E-state index >= 15 is 0 Å². The summed E-state index contributed by atoms with van der Waals surface area (Å²) < 4.78 is 72.3. The molecule has 13 heteroatoms. The summed E-state index contributed by atoms with van der Waals surface area (Å²) in [6, 6.07) is 7.61. The SMILES string of the molecule is CC(=O)c1cn(CCN2C[C@H](F)C[C@H]2C(=O)Nc2cccc(OC(F)(F)F)c2F)c2ccc(-c3cnc(C)nc3)cc12. The number of alkyl halides is 4. The molecule has 0 saturated carbocycles. The van der Waals surface area contributed by atoms with Gasteiger partial charge in [-0.25, -0.2) is 18.7 Å². The number of halogens is 5. The Balaban J connectivity index is 1.34. The van der Waals surface area contributed by atoms with E-state index in [1.165, 1.54) is 6.92 Å². The highest BCUT2D eigenvalue weighted by Crippen LogP contribution is 2.31. The Morgan fingerprint density at radius 2 is 1.83 bits per heavy atom. The van der Waals surface area contributed by atoms with Crippen molar-refractivity contribution in [1.82, 2.24) is 19.4 Å². The van der Waals surface area contributed by atoms with Gasteiger partial charge in [-0.05, 0) is 43.7 Å². The van der Waals surface area contributed by atoms with Gasteiger partial charge in [-0.2, -0.15) is 0 Å². The van der Waals surface area contributed by atoms with Gasteiger partial charge in [0.1, 0.15) is 12.0 Å². The number of fused-ring (bicyclic) bond motifs is 1. The van der Waals surface area contributed by atoms with E-state index in [0.717, 1.165) is 40.2 Å². The van der Waals surface area contributed by atoms with Crippen LogP contribution in [0.15, 0.2) is 55.0 Å². The highest BCUT2D eigenvalue weighted by atomic mass is 19.4. The third kappa shape index (κ3) is 6.25. The summed E-state index contributed by atoms with van der Waals surface area (Å²) >= 11 is 0. The van der Waals surface area contributed by atoms with Gasteiger partial charge in [0.15, 0.2) is 17.3 Å². The molecule has 1 N–H and O–H groups in total. The van der Waals surface area contributed by atoms with Crippen LogP contribution in [0.3, 0.4) is 0 Å². The summed E-state index contributed by atoms with van der Waals surface area (Å²) in [7, 11) is 0. The van der Waals surface area contributed by atoms with E-state index in [4.69, 9.17) is 0 Å². The molecule has 0 radical (unpaired) electrons. The standard InChI is InChI=1S/C29H26F5N5O3/c1-16(40)22-15-39(24-7-6-18(10-21(22)24)19-12-35-17(2)36-13-19)9-8-38-14-20(30)11-25(38)28(41)37-23-4-3-5-26(27(23)31)42-29(32,33)34/h3-7,10,12-13,15,20,25H,8-9,11,14H2,1-2H3,(H,37,41)/t20-,25+/m1/s1. The third-order valence-corrected chi connectivity index (χ3v) is 7.10. The molecule has 1 saturated heterocycles. The second-order valence-corrected chi connectivity index (χ2v) is 10.0. The van der Waals surface area contributed by atoms with Crippen molar-refractivity contribution in [2.45, 2.75) is 45.4 Å². The molecule has 2 atom stereocenters. The number of hydrogen-bond acceptors (Lipinski definition) is 6. The van der Waals surface area contributed by atoms with Crippen LogP contribution >= 0.6 is 0 Å². The second kappa shape index (κ2) is 11.5. The number of nitrogens with zero attached hydrogens (tertiary/aromatic N) is 4. The number of aryl methyl sites for hydroxylation is 1. The van der Waals surface area contributed by atoms with E-state index in [1.54, 1.807) is 30.4 Å². The molecule has 220 valence electrons. The number of Topliss-reactive ketones (excluding diaryl/α,β-unsaturated/α-hetero) is 1. The molecule has 0 bridgehead atoms. The van der Waals surface area contributed by atoms with Crippen LogP contribution in [0.1, 0.15) is 29.5 Å². The minimum Gasteiger partial charge on any atom is -0.403 e. The fourth-order valence-electron chi connectivity index (χ4n) is 5.11. The summed E-state index contributed by atoms with van der Waals surface area (Å²) in [4.78, 5) is 35.5. The molecule has 1 fully saturated rings. The number of nitrogens with one attached hydrogen (secondary N) is 1. The minimum absolute atomic E-state index is 0.0614. The molecule has 0 spiro atoms. The number of rotatable bonds is 8. The zero-order chi connectivity index (χ0) is 30.2. The van der Waals surface area contributed by atoms with Crippen LogP contribution < -0.4 is 10.1 Å². The number of carbonyl (C=O) groups is 2. The van der Waals surface area contributed by atoms with Gasteiger partial charge < -0.3 is 14.6 Å².